The molecule has 8 heteroatoms. The van der Waals surface area contributed by atoms with Crippen LogP contribution in [0.4, 0.5) is 14.5 Å². The van der Waals surface area contributed by atoms with Crippen molar-refractivity contribution in [2.24, 2.45) is 5.92 Å². The highest BCUT2D eigenvalue weighted by Gasteiger charge is 2.27. The molecule has 1 unspecified atom stereocenters. The Hall–Kier alpha value is -2.19. The van der Waals surface area contributed by atoms with E-state index in [1.165, 1.54) is 25.3 Å². The lowest BCUT2D eigenvalue weighted by Gasteiger charge is -2.19. The van der Waals surface area contributed by atoms with E-state index >= 15 is 0 Å². The molecule has 0 aliphatic carbocycles. The third-order valence-electron chi connectivity index (χ3n) is 4.47. The highest BCUT2D eigenvalue weighted by molar-refractivity contribution is 7.89. The molecule has 3 rings (SSSR count). The zero-order valence-electron chi connectivity index (χ0n) is 14.3. The first-order chi connectivity index (χ1) is 12.4. The van der Waals surface area contributed by atoms with Crippen LogP contribution in [0.2, 0.25) is 0 Å². The molecule has 1 N–H and O–H groups in total. The molecule has 1 atom stereocenters. The molecule has 1 fully saturated rings. The van der Waals surface area contributed by atoms with Gasteiger partial charge in [-0.15, -0.1) is 0 Å². The summed E-state index contributed by atoms with van der Waals surface area (Å²) in [5.41, 5.74) is 0.513. The Morgan fingerprint density at radius 2 is 1.96 bits per heavy atom. The molecule has 2 aromatic carbocycles. The van der Waals surface area contributed by atoms with Crippen molar-refractivity contribution in [3.63, 3.8) is 0 Å². The zero-order valence-corrected chi connectivity index (χ0v) is 15.1. The van der Waals surface area contributed by atoms with E-state index in [1.54, 1.807) is 18.2 Å². The third-order valence-corrected chi connectivity index (χ3v) is 5.93. The molecule has 140 valence electrons. The van der Waals surface area contributed by atoms with Crippen LogP contribution in [0.5, 0.6) is 5.75 Å². The maximum absolute atomic E-state index is 14.0. The lowest BCUT2D eigenvalue weighted by molar-refractivity contribution is 0.409. The Bertz CT molecular complexity index is 890. The summed E-state index contributed by atoms with van der Waals surface area (Å²) in [6.07, 6.45) is 0.724. The fourth-order valence-electron chi connectivity index (χ4n) is 3.06. The largest absolute Gasteiger partial charge is 0.497 e. The number of nitrogens with one attached hydrogen (secondary N) is 1. The number of nitrogens with zero attached hydrogens (tertiary/aromatic N) is 1. The number of anilines is 1. The normalized spacial score (nSPS) is 17.5. The summed E-state index contributed by atoms with van der Waals surface area (Å²) >= 11 is 0. The van der Waals surface area contributed by atoms with Crippen LogP contribution in [0.15, 0.2) is 47.4 Å². The standard InChI is InChI=1S/C18H20F2N2O3S/c1-25-14-6-7-18(16(20)10-14)26(23,24)21-11-13-8-9-22(12-13)17-5-3-2-4-15(17)19/h2-7,10,13,21H,8-9,11-12H2,1H3. The average molecular weight is 382 g/mol. The number of hydrogen-bond acceptors (Lipinski definition) is 4. The third kappa shape index (κ3) is 3.96. The van der Waals surface area contributed by atoms with Crippen molar-refractivity contribution in [2.75, 3.05) is 31.6 Å². The topological polar surface area (TPSA) is 58.6 Å². The number of ether oxygens (including phenoxy) is 1. The average Bonchev–Trinajstić information content (AvgIpc) is 3.09. The summed E-state index contributed by atoms with van der Waals surface area (Å²) in [6, 6.07) is 10.1. The molecule has 1 saturated heterocycles. The Morgan fingerprint density at radius 1 is 1.19 bits per heavy atom. The van der Waals surface area contributed by atoms with Crippen LogP contribution in [0, 0.1) is 17.6 Å². The van der Waals surface area contributed by atoms with E-state index in [1.807, 2.05) is 4.90 Å². The van der Waals surface area contributed by atoms with Crippen LogP contribution in [0.1, 0.15) is 6.42 Å². The van der Waals surface area contributed by atoms with E-state index in [9.17, 15) is 17.2 Å². The lowest BCUT2D eigenvalue weighted by atomic mass is 10.1. The maximum atomic E-state index is 14.0. The summed E-state index contributed by atoms with van der Waals surface area (Å²) in [6.45, 7) is 1.34. The summed E-state index contributed by atoms with van der Waals surface area (Å²) in [4.78, 5) is 1.48. The van der Waals surface area contributed by atoms with Crippen molar-refractivity contribution in [1.82, 2.24) is 4.72 Å². The minimum Gasteiger partial charge on any atom is -0.497 e. The fourth-order valence-corrected chi connectivity index (χ4v) is 4.23. The van der Waals surface area contributed by atoms with Crippen LogP contribution in [-0.2, 0) is 10.0 Å². The van der Waals surface area contributed by atoms with E-state index in [4.69, 9.17) is 4.74 Å². The first kappa shape index (κ1) is 18.6. The fraction of sp³-hybridized carbons (Fsp3) is 0.333. The van der Waals surface area contributed by atoms with Crippen molar-refractivity contribution < 1.29 is 21.9 Å². The Kier molecular flexibility index (Phi) is 5.43. The molecule has 26 heavy (non-hydrogen) atoms. The summed E-state index contributed by atoms with van der Waals surface area (Å²) in [7, 11) is -2.59. The number of halogens is 2. The number of methoxy groups -OCH3 is 1. The Morgan fingerprint density at radius 3 is 2.65 bits per heavy atom. The smallest absolute Gasteiger partial charge is 0.243 e. The van der Waals surface area contributed by atoms with Gasteiger partial charge >= 0.3 is 0 Å². The van der Waals surface area contributed by atoms with Gasteiger partial charge in [0.05, 0.1) is 12.8 Å². The van der Waals surface area contributed by atoms with E-state index in [-0.39, 0.29) is 24.0 Å². The van der Waals surface area contributed by atoms with Gasteiger partial charge in [0.15, 0.2) is 0 Å². The highest BCUT2D eigenvalue weighted by Crippen LogP contribution is 2.26. The predicted octanol–water partition coefficient (Wildman–Crippen LogP) is 2.78. The number of rotatable bonds is 6. The van der Waals surface area contributed by atoms with Gasteiger partial charge in [-0.2, -0.15) is 0 Å². The van der Waals surface area contributed by atoms with E-state index in [2.05, 4.69) is 4.72 Å². The van der Waals surface area contributed by atoms with Crippen molar-refractivity contribution in [3.8, 4) is 5.75 Å². The molecule has 0 aromatic heterocycles. The summed E-state index contributed by atoms with van der Waals surface area (Å²) in [5.74, 6) is -0.895. The molecular weight excluding hydrogens is 362 g/mol. The first-order valence-electron chi connectivity index (χ1n) is 8.23. The molecule has 1 heterocycles. The summed E-state index contributed by atoms with van der Waals surface area (Å²) in [5, 5.41) is 0. The quantitative estimate of drug-likeness (QED) is 0.835. The number of sulfonamides is 1. The molecule has 0 amide bonds. The molecule has 0 bridgehead atoms. The van der Waals surface area contributed by atoms with Crippen LogP contribution in [0.3, 0.4) is 0 Å². The van der Waals surface area contributed by atoms with E-state index in [0.717, 1.165) is 12.5 Å². The molecule has 1 aliphatic rings. The van der Waals surface area contributed by atoms with Crippen molar-refractivity contribution in [1.29, 1.82) is 0 Å². The van der Waals surface area contributed by atoms with Gasteiger partial charge < -0.3 is 9.64 Å². The van der Waals surface area contributed by atoms with Gasteiger partial charge in [0, 0.05) is 25.7 Å². The van der Waals surface area contributed by atoms with Gasteiger partial charge in [-0.3, -0.25) is 0 Å². The molecule has 0 radical (unpaired) electrons. The highest BCUT2D eigenvalue weighted by atomic mass is 32.2. The number of benzene rings is 2. The zero-order chi connectivity index (χ0) is 18.7. The number of hydrogen-bond donors (Lipinski definition) is 1. The van der Waals surface area contributed by atoms with Crippen LogP contribution in [0.25, 0.3) is 0 Å². The van der Waals surface area contributed by atoms with E-state index < -0.39 is 20.7 Å². The predicted molar refractivity (Wildman–Crippen MR) is 94.9 cm³/mol. The van der Waals surface area contributed by atoms with Crippen molar-refractivity contribution in [2.45, 2.75) is 11.3 Å². The minimum atomic E-state index is -3.97. The monoisotopic (exact) mass is 382 g/mol. The second kappa shape index (κ2) is 7.59. The van der Waals surface area contributed by atoms with Gasteiger partial charge in [0.2, 0.25) is 10.0 Å². The SMILES string of the molecule is COc1ccc(S(=O)(=O)NCC2CCN(c3ccccc3F)C2)c(F)c1. The maximum Gasteiger partial charge on any atom is 0.243 e. The second-order valence-electron chi connectivity index (χ2n) is 6.20. The van der Waals surface area contributed by atoms with Crippen molar-refractivity contribution >= 4 is 15.7 Å². The first-order valence-corrected chi connectivity index (χ1v) is 9.71. The molecule has 5 nitrogen and oxygen atoms in total. The Balaban J connectivity index is 1.63. The molecular formula is C18H20F2N2O3S. The Labute approximate surface area is 151 Å². The lowest BCUT2D eigenvalue weighted by Crippen LogP contribution is -2.31. The minimum absolute atomic E-state index is 0.0192. The molecule has 2 aromatic rings. The molecule has 0 saturated carbocycles. The van der Waals surface area contributed by atoms with Crippen LogP contribution < -0.4 is 14.4 Å². The van der Waals surface area contributed by atoms with Gasteiger partial charge in [0.25, 0.3) is 0 Å². The second-order valence-corrected chi connectivity index (χ2v) is 7.94. The van der Waals surface area contributed by atoms with E-state index in [0.29, 0.717) is 18.8 Å². The summed E-state index contributed by atoms with van der Waals surface area (Å²) < 4.78 is 59.9. The van der Waals surface area contributed by atoms with Gasteiger partial charge in [-0.25, -0.2) is 21.9 Å². The van der Waals surface area contributed by atoms with Crippen LogP contribution in [-0.4, -0.2) is 35.2 Å². The van der Waals surface area contributed by atoms with Crippen molar-refractivity contribution in [3.05, 3.63) is 54.1 Å². The van der Waals surface area contributed by atoms with Gasteiger partial charge in [-0.1, -0.05) is 12.1 Å². The van der Waals surface area contributed by atoms with Gasteiger partial charge in [0.1, 0.15) is 22.3 Å². The molecule has 1 aliphatic heterocycles. The van der Waals surface area contributed by atoms with Crippen LogP contribution >= 0.6 is 0 Å². The van der Waals surface area contributed by atoms with Gasteiger partial charge in [-0.05, 0) is 36.6 Å². The number of para-hydroxylation sites is 1. The molecule has 0 spiro atoms.